The molecule has 28 heavy (non-hydrogen) atoms. The molecule has 0 aromatic heterocycles. The van der Waals surface area contributed by atoms with Gasteiger partial charge in [0.05, 0.1) is 5.41 Å². The van der Waals surface area contributed by atoms with Crippen molar-refractivity contribution < 1.29 is 9.59 Å². The van der Waals surface area contributed by atoms with Crippen molar-refractivity contribution in [1.29, 1.82) is 0 Å². The number of carbonyl (C=O) groups is 2. The van der Waals surface area contributed by atoms with Crippen LogP contribution in [0.15, 0.2) is 48.5 Å². The summed E-state index contributed by atoms with van der Waals surface area (Å²) in [5, 5.41) is 7.02. The molecule has 2 fully saturated rings. The summed E-state index contributed by atoms with van der Waals surface area (Å²) in [6, 6.07) is 15.6. The summed E-state index contributed by atoms with van der Waals surface area (Å²) in [5.74, 6) is 0.252. The highest BCUT2D eigenvalue weighted by atomic mass is 35.5. The fraction of sp³-hybridized carbons (Fsp3) is 0.364. The fourth-order valence-electron chi connectivity index (χ4n) is 3.87. The molecule has 2 saturated heterocycles. The molecule has 2 aliphatic rings. The van der Waals surface area contributed by atoms with E-state index in [-0.39, 0.29) is 11.8 Å². The van der Waals surface area contributed by atoms with E-state index < -0.39 is 5.41 Å². The van der Waals surface area contributed by atoms with E-state index in [1.165, 1.54) is 0 Å². The van der Waals surface area contributed by atoms with E-state index in [1.54, 1.807) is 0 Å². The Morgan fingerprint density at radius 3 is 2.32 bits per heavy atom. The lowest BCUT2D eigenvalue weighted by atomic mass is 9.75. The summed E-state index contributed by atoms with van der Waals surface area (Å²) in [6.45, 7) is 2.62. The summed E-state index contributed by atoms with van der Waals surface area (Å²) in [5.41, 5.74) is 2.66. The first-order valence-electron chi connectivity index (χ1n) is 9.69. The summed E-state index contributed by atoms with van der Waals surface area (Å²) in [7, 11) is 0. The number of carbonyl (C=O) groups excluding carboxylic acids is 2. The molecule has 0 atom stereocenters. The van der Waals surface area contributed by atoms with Crippen molar-refractivity contribution in [3.05, 3.63) is 64.7 Å². The second-order valence-electron chi connectivity index (χ2n) is 7.69. The van der Waals surface area contributed by atoms with E-state index in [4.69, 9.17) is 11.6 Å². The molecular formula is C22H24ClN3O2. The SMILES string of the molecule is O=C1CCCN1c1ccc(CNC(=O)C2(Cc3ccc(Cl)cc3)CNC2)cc1. The number of hydrogen-bond donors (Lipinski definition) is 2. The van der Waals surface area contributed by atoms with Crippen molar-refractivity contribution >= 4 is 29.1 Å². The Morgan fingerprint density at radius 1 is 1.07 bits per heavy atom. The molecule has 2 amide bonds. The van der Waals surface area contributed by atoms with Crippen molar-refractivity contribution in [2.45, 2.75) is 25.8 Å². The molecule has 0 aliphatic carbocycles. The third-order valence-corrected chi connectivity index (χ3v) is 5.89. The Labute approximate surface area is 170 Å². The van der Waals surface area contributed by atoms with Gasteiger partial charge in [-0.05, 0) is 48.2 Å². The van der Waals surface area contributed by atoms with E-state index in [2.05, 4.69) is 10.6 Å². The van der Waals surface area contributed by atoms with Gasteiger partial charge >= 0.3 is 0 Å². The van der Waals surface area contributed by atoms with Crippen molar-refractivity contribution in [3.63, 3.8) is 0 Å². The zero-order chi connectivity index (χ0) is 19.6. The highest BCUT2D eigenvalue weighted by Gasteiger charge is 2.44. The van der Waals surface area contributed by atoms with Gasteiger partial charge in [0.1, 0.15) is 0 Å². The van der Waals surface area contributed by atoms with Gasteiger partial charge in [0.2, 0.25) is 11.8 Å². The topological polar surface area (TPSA) is 61.4 Å². The Balaban J connectivity index is 1.36. The average molecular weight is 398 g/mol. The monoisotopic (exact) mass is 397 g/mol. The third-order valence-electron chi connectivity index (χ3n) is 5.64. The largest absolute Gasteiger partial charge is 0.351 e. The minimum Gasteiger partial charge on any atom is -0.351 e. The maximum absolute atomic E-state index is 12.9. The molecule has 2 aromatic rings. The lowest BCUT2D eigenvalue weighted by Gasteiger charge is -2.41. The van der Waals surface area contributed by atoms with Gasteiger partial charge in [-0.3, -0.25) is 9.59 Å². The first kappa shape index (κ1) is 19.0. The fourth-order valence-corrected chi connectivity index (χ4v) is 4.00. The first-order valence-corrected chi connectivity index (χ1v) is 10.1. The second-order valence-corrected chi connectivity index (χ2v) is 8.12. The third kappa shape index (κ3) is 3.91. The van der Waals surface area contributed by atoms with E-state index in [0.717, 1.165) is 29.8 Å². The molecule has 2 aromatic carbocycles. The number of amides is 2. The predicted molar refractivity (Wildman–Crippen MR) is 110 cm³/mol. The molecule has 0 spiro atoms. The number of rotatable bonds is 6. The van der Waals surface area contributed by atoms with Crippen LogP contribution < -0.4 is 15.5 Å². The molecule has 0 unspecified atom stereocenters. The van der Waals surface area contributed by atoms with Crippen LogP contribution in [0, 0.1) is 5.41 Å². The zero-order valence-electron chi connectivity index (χ0n) is 15.7. The van der Waals surface area contributed by atoms with Crippen LogP contribution >= 0.6 is 11.6 Å². The number of halogens is 1. The van der Waals surface area contributed by atoms with Gasteiger partial charge in [-0.15, -0.1) is 0 Å². The molecule has 2 N–H and O–H groups in total. The molecule has 2 heterocycles. The van der Waals surface area contributed by atoms with Gasteiger partial charge in [0.25, 0.3) is 0 Å². The van der Waals surface area contributed by atoms with Crippen LogP contribution in [0.1, 0.15) is 24.0 Å². The second kappa shape index (κ2) is 7.94. The Kier molecular flexibility index (Phi) is 5.38. The van der Waals surface area contributed by atoms with E-state index in [0.29, 0.717) is 37.5 Å². The molecule has 0 saturated carbocycles. The van der Waals surface area contributed by atoms with Crippen molar-refractivity contribution in [2.75, 3.05) is 24.5 Å². The molecule has 2 aliphatic heterocycles. The van der Waals surface area contributed by atoms with Gasteiger partial charge in [-0.1, -0.05) is 35.9 Å². The van der Waals surface area contributed by atoms with E-state index in [1.807, 2.05) is 53.4 Å². The van der Waals surface area contributed by atoms with E-state index in [9.17, 15) is 9.59 Å². The molecule has 146 valence electrons. The normalized spacial score (nSPS) is 18.0. The maximum Gasteiger partial charge on any atom is 0.229 e. The van der Waals surface area contributed by atoms with Crippen LogP contribution in [0.2, 0.25) is 5.02 Å². The number of anilines is 1. The van der Waals surface area contributed by atoms with Crippen molar-refractivity contribution in [1.82, 2.24) is 10.6 Å². The number of benzene rings is 2. The van der Waals surface area contributed by atoms with Crippen LogP contribution in [0.25, 0.3) is 0 Å². The first-order chi connectivity index (χ1) is 13.6. The highest BCUT2D eigenvalue weighted by Crippen LogP contribution is 2.29. The molecule has 6 heteroatoms. The van der Waals surface area contributed by atoms with Crippen LogP contribution in [0.3, 0.4) is 0 Å². The van der Waals surface area contributed by atoms with Crippen LogP contribution in [-0.4, -0.2) is 31.4 Å². The number of nitrogens with zero attached hydrogens (tertiary/aromatic N) is 1. The summed E-state index contributed by atoms with van der Waals surface area (Å²) < 4.78 is 0. The van der Waals surface area contributed by atoms with E-state index >= 15 is 0 Å². The zero-order valence-corrected chi connectivity index (χ0v) is 16.5. The smallest absolute Gasteiger partial charge is 0.229 e. The molecule has 4 rings (SSSR count). The average Bonchev–Trinajstić information content (AvgIpc) is 3.10. The minimum absolute atomic E-state index is 0.0694. The Morgan fingerprint density at radius 2 is 1.75 bits per heavy atom. The lowest BCUT2D eigenvalue weighted by molar-refractivity contribution is -0.134. The number of hydrogen-bond acceptors (Lipinski definition) is 3. The summed E-state index contributed by atoms with van der Waals surface area (Å²) in [4.78, 5) is 26.6. The standard InChI is InChI=1S/C22H24ClN3O2/c23-18-7-3-16(4-8-18)12-22(14-24-15-22)21(28)25-13-17-5-9-19(10-6-17)26-11-1-2-20(26)27/h3-10,24H,1-2,11-15H2,(H,25,28). The molecule has 0 radical (unpaired) electrons. The number of nitrogens with one attached hydrogen (secondary N) is 2. The Bertz CT molecular complexity index is 860. The molecular weight excluding hydrogens is 374 g/mol. The predicted octanol–water partition coefficient (Wildman–Crippen LogP) is 2.92. The van der Waals surface area contributed by atoms with Crippen molar-refractivity contribution in [3.8, 4) is 0 Å². The van der Waals surface area contributed by atoms with Gasteiger partial charge in [-0.2, -0.15) is 0 Å². The molecule has 5 nitrogen and oxygen atoms in total. The van der Waals surface area contributed by atoms with Gasteiger partial charge in [0.15, 0.2) is 0 Å². The van der Waals surface area contributed by atoms with Crippen LogP contribution in [0.5, 0.6) is 0 Å². The van der Waals surface area contributed by atoms with Crippen LogP contribution in [0.4, 0.5) is 5.69 Å². The van der Waals surface area contributed by atoms with Gasteiger partial charge < -0.3 is 15.5 Å². The minimum atomic E-state index is -0.407. The quantitative estimate of drug-likeness (QED) is 0.787. The Hall–Kier alpha value is -2.37. The highest BCUT2D eigenvalue weighted by molar-refractivity contribution is 6.30. The van der Waals surface area contributed by atoms with Crippen LogP contribution in [-0.2, 0) is 22.6 Å². The van der Waals surface area contributed by atoms with Gasteiger partial charge in [-0.25, -0.2) is 0 Å². The maximum atomic E-state index is 12.9. The lowest BCUT2D eigenvalue weighted by Crippen LogP contribution is -2.62. The molecule has 0 bridgehead atoms. The summed E-state index contributed by atoms with van der Waals surface area (Å²) >= 11 is 5.96. The van der Waals surface area contributed by atoms with Crippen molar-refractivity contribution in [2.24, 2.45) is 5.41 Å². The summed E-state index contributed by atoms with van der Waals surface area (Å²) in [6.07, 6.45) is 2.24. The van der Waals surface area contributed by atoms with Gasteiger partial charge in [0, 0.05) is 43.3 Å².